The van der Waals surface area contributed by atoms with Crippen molar-refractivity contribution in [2.75, 3.05) is 0 Å². The number of nitriles is 1. The van der Waals surface area contributed by atoms with Crippen LogP contribution in [0.25, 0.3) is 0 Å². The summed E-state index contributed by atoms with van der Waals surface area (Å²) in [7, 11) is 1.80. The molecule has 2 aromatic rings. The standard InChI is InChI=1S/C8H8N6S/c1-5-6(3-9)7(14(2)13-5)15-8-10-4-11-12-8/h4H,1-2H3,(H,10,11,12). The zero-order valence-electron chi connectivity index (χ0n) is 8.22. The van der Waals surface area contributed by atoms with E-state index < -0.39 is 0 Å². The van der Waals surface area contributed by atoms with Gasteiger partial charge in [0.1, 0.15) is 23.0 Å². The average Bonchev–Trinajstić information content (AvgIpc) is 2.77. The first-order valence-electron chi connectivity index (χ1n) is 4.19. The number of hydrogen-bond donors (Lipinski definition) is 1. The van der Waals surface area contributed by atoms with Crippen molar-refractivity contribution in [2.45, 2.75) is 17.1 Å². The maximum Gasteiger partial charge on any atom is 0.189 e. The fraction of sp³-hybridized carbons (Fsp3) is 0.250. The van der Waals surface area contributed by atoms with Gasteiger partial charge in [-0.2, -0.15) is 15.5 Å². The number of rotatable bonds is 2. The molecule has 0 radical (unpaired) electrons. The van der Waals surface area contributed by atoms with Gasteiger partial charge in [0.05, 0.1) is 5.69 Å². The lowest BCUT2D eigenvalue weighted by atomic mass is 10.3. The maximum atomic E-state index is 8.98. The van der Waals surface area contributed by atoms with Gasteiger partial charge in [0, 0.05) is 7.05 Å². The Morgan fingerprint density at radius 3 is 3.00 bits per heavy atom. The van der Waals surface area contributed by atoms with Crippen molar-refractivity contribution < 1.29 is 0 Å². The van der Waals surface area contributed by atoms with Gasteiger partial charge >= 0.3 is 0 Å². The quantitative estimate of drug-likeness (QED) is 0.811. The van der Waals surface area contributed by atoms with E-state index in [1.54, 1.807) is 11.7 Å². The maximum absolute atomic E-state index is 8.98. The van der Waals surface area contributed by atoms with Crippen molar-refractivity contribution in [3.63, 3.8) is 0 Å². The molecule has 76 valence electrons. The molecular weight excluding hydrogens is 212 g/mol. The molecule has 0 aliphatic heterocycles. The molecule has 0 aliphatic carbocycles. The van der Waals surface area contributed by atoms with Gasteiger partial charge in [-0.05, 0) is 18.7 Å². The molecule has 6 nitrogen and oxygen atoms in total. The summed E-state index contributed by atoms with van der Waals surface area (Å²) >= 11 is 1.34. The Bertz CT molecular complexity index is 506. The van der Waals surface area contributed by atoms with Crippen LogP contribution < -0.4 is 0 Å². The molecule has 0 spiro atoms. The van der Waals surface area contributed by atoms with Crippen LogP contribution in [0.4, 0.5) is 0 Å². The Morgan fingerprint density at radius 1 is 1.60 bits per heavy atom. The molecule has 2 rings (SSSR count). The molecule has 0 amide bonds. The summed E-state index contributed by atoms with van der Waals surface area (Å²) in [6.45, 7) is 1.81. The van der Waals surface area contributed by atoms with Crippen LogP contribution in [0.2, 0.25) is 0 Å². The molecule has 0 bridgehead atoms. The van der Waals surface area contributed by atoms with Gasteiger partial charge < -0.3 is 0 Å². The van der Waals surface area contributed by atoms with Crippen molar-refractivity contribution in [1.82, 2.24) is 25.0 Å². The van der Waals surface area contributed by atoms with E-state index in [0.717, 1.165) is 10.7 Å². The van der Waals surface area contributed by atoms with E-state index in [9.17, 15) is 0 Å². The molecule has 1 N–H and O–H groups in total. The highest BCUT2D eigenvalue weighted by molar-refractivity contribution is 7.99. The van der Waals surface area contributed by atoms with Crippen LogP contribution in [-0.2, 0) is 7.05 Å². The minimum Gasteiger partial charge on any atom is -0.260 e. The summed E-state index contributed by atoms with van der Waals surface area (Å²) in [5, 5.41) is 21.0. The third kappa shape index (κ3) is 1.71. The van der Waals surface area contributed by atoms with Gasteiger partial charge in [-0.25, -0.2) is 4.98 Å². The van der Waals surface area contributed by atoms with E-state index >= 15 is 0 Å². The van der Waals surface area contributed by atoms with E-state index in [4.69, 9.17) is 5.26 Å². The van der Waals surface area contributed by atoms with E-state index in [-0.39, 0.29) is 0 Å². The minimum atomic E-state index is 0.582. The number of nitrogens with one attached hydrogen (secondary N) is 1. The highest BCUT2D eigenvalue weighted by Gasteiger charge is 2.14. The van der Waals surface area contributed by atoms with Gasteiger partial charge in [-0.15, -0.1) is 0 Å². The number of hydrogen-bond acceptors (Lipinski definition) is 5. The highest BCUT2D eigenvalue weighted by Crippen LogP contribution is 2.28. The van der Waals surface area contributed by atoms with Crippen LogP contribution >= 0.6 is 11.8 Å². The molecule has 15 heavy (non-hydrogen) atoms. The normalized spacial score (nSPS) is 10.2. The molecule has 0 saturated heterocycles. The minimum absolute atomic E-state index is 0.582. The summed E-state index contributed by atoms with van der Waals surface area (Å²) in [5.74, 6) is 0. The molecule has 2 heterocycles. The SMILES string of the molecule is Cc1nn(C)c(Sc2ncn[nH]2)c1C#N. The topological polar surface area (TPSA) is 83.2 Å². The summed E-state index contributed by atoms with van der Waals surface area (Å²) in [5.41, 5.74) is 1.31. The Balaban J connectivity index is 2.40. The molecule has 0 atom stereocenters. The summed E-state index contributed by atoms with van der Waals surface area (Å²) in [4.78, 5) is 3.98. The molecular formula is C8H8N6S. The van der Waals surface area contributed by atoms with Gasteiger partial charge in [-0.3, -0.25) is 9.78 Å². The lowest BCUT2D eigenvalue weighted by Crippen LogP contribution is -1.93. The lowest BCUT2D eigenvalue weighted by Gasteiger charge is -1.97. The summed E-state index contributed by atoms with van der Waals surface area (Å²) < 4.78 is 1.67. The van der Waals surface area contributed by atoms with Crippen molar-refractivity contribution in [1.29, 1.82) is 5.26 Å². The number of nitrogens with zero attached hydrogens (tertiary/aromatic N) is 5. The number of aromatic nitrogens is 5. The molecule has 0 fully saturated rings. The van der Waals surface area contributed by atoms with Gasteiger partial charge in [-0.1, -0.05) is 0 Å². The summed E-state index contributed by atoms with van der Waals surface area (Å²) in [6.07, 6.45) is 1.43. The van der Waals surface area contributed by atoms with Crippen molar-refractivity contribution in [3.05, 3.63) is 17.6 Å². The van der Waals surface area contributed by atoms with E-state index in [0.29, 0.717) is 10.7 Å². The van der Waals surface area contributed by atoms with E-state index in [1.807, 2.05) is 6.92 Å². The van der Waals surface area contributed by atoms with Crippen LogP contribution in [-0.4, -0.2) is 25.0 Å². The Hall–Kier alpha value is -1.81. The Kier molecular flexibility index (Phi) is 2.43. The smallest absolute Gasteiger partial charge is 0.189 e. The van der Waals surface area contributed by atoms with Gasteiger partial charge in [0.15, 0.2) is 5.16 Å². The first-order chi connectivity index (χ1) is 7.22. The number of aryl methyl sites for hydroxylation is 2. The first kappa shape index (κ1) is 9.73. The van der Waals surface area contributed by atoms with E-state index in [2.05, 4.69) is 26.3 Å². The largest absolute Gasteiger partial charge is 0.260 e. The van der Waals surface area contributed by atoms with Crippen LogP contribution in [0.3, 0.4) is 0 Å². The molecule has 2 aromatic heterocycles. The molecule has 0 aromatic carbocycles. The zero-order chi connectivity index (χ0) is 10.8. The zero-order valence-corrected chi connectivity index (χ0v) is 9.04. The molecule has 7 heteroatoms. The van der Waals surface area contributed by atoms with Crippen LogP contribution in [0.1, 0.15) is 11.3 Å². The Morgan fingerprint density at radius 2 is 2.40 bits per heavy atom. The van der Waals surface area contributed by atoms with Crippen LogP contribution in [0, 0.1) is 18.3 Å². The second-order valence-corrected chi connectivity index (χ2v) is 3.87. The third-order valence-electron chi connectivity index (χ3n) is 1.87. The van der Waals surface area contributed by atoms with Gasteiger partial charge in [0.2, 0.25) is 0 Å². The number of aromatic amines is 1. The van der Waals surface area contributed by atoms with Crippen molar-refractivity contribution >= 4 is 11.8 Å². The fourth-order valence-corrected chi connectivity index (χ4v) is 2.07. The fourth-order valence-electron chi connectivity index (χ4n) is 1.22. The number of H-pyrrole nitrogens is 1. The van der Waals surface area contributed by atoms with E-state index in [1.165, 1.54) is 18.1 Å². The molecule has 0 saturated carbocycles. The lowest BCUT2D eigenvalue weighted by molar-refractivity contribution is 0.690. The predicted octanol–water partition coefficient (Wildman–Crippen LogP) is 0.869. The average molecular weight is 220 g/mol. The van der Waals surface area contributed by atoms with Gasteiger partial charge in [0.25, 0.3) is 0 Å². The Labute approximate surface area is 90.3 Å². The van der Waals surface area contributed by atoms with Crippen LogP contribution in [0.5, 0.6) is 0 Å². The summed E-state index contributed by atoms with van der Waals surface area (Å²) in [6, 6.07) is 2.13. The third-order valence-corrected chi connectivity index (χ3v) is 2.92. The van der Waals surface area contributed by atoms with Crippen LogP contribution in [0.15, 0.2) is 16.5 Å². The molecule has 0 aliphatic rings. The second kappa shape index (κ2) is 3.74. The highest BCUT2D eigenvalue weighted by atomic mass is 32.2. The van der Waals surface area contributed by atoms with Crippen molar-refractivity contribution in [2.24, 2.45) is 7.05 Å². The molecule has 0 unspecified atom stereocenters. The monoisotopic (exact) mass is 220 g/mol. The van der Waals surface area contributed by atoms with Crippen molar-refractivity contribution in [3.8, 4) is 6.07 Å². The second-order valence-electron chi connectivity index (χ2n) is 2.89. The first-order valence-corrected chi connectivity index (χ1v) is 5.01. The predicted molar refractivity (Wildman–Crippen MR) is 53.2 cm³/mol.